The van der Waals surface area contributed by atoms with Crippen LogP contribution in [0, 0.1) is 5.82 Å². The molecule has 2 aromatic rings. The fourth-order valence-corrected chi connectivity index (χ4v) is 3.42. The Morgan fingerprint density at radius 3 is 3.09 bits per heavy atom. The summed E-state index contributed by atoms with van der Waals surface area (Å²) in [7, 11) is 0. The second kappa shape index (κ2) is 6.39. The normalized spacial score (nSPS) is 18.4. The molecule has 0 bridgehead atoms. The van der Waals surface area contributed by atoms with E-state index in [1.165, 1.54) is 17.5 Å². The molecular weight excluding hydrogens is 305 g/mol. The molecule has 1 fully saturated rings. The molecule has 1 unspecified atom stereocenters. The van der Waals surface area contributed by atoms with E-state index in [0.717, 1.165) is 24.8 Å². The average molecular weight is 321 g/mol. The molecule has 0 amide bonds. The summed E-state index contributed by atoms with van der Waals surface area (Å²) in [6.45, 7) is 0.701. The first kappa shape index (κ1) is 14.9. The molecule has 1 saturated heterocycles. The molecule has 7 heteroatoms. The van der Waals surface area contributed by atoms with E-state index in [-0.39, 0.29) is 18.2 Å². The van der Waals surface area contributed by atoms with Crippen LogP contribution in [-0.2, 0) is 4.79 Å². The van der Waals surface area contributed by atoms with Gasteiger partial charge in [-0.2, -0.15) is 11.3 Å². The summed E-state index contributed by atoms with van der Waals surface area (Å²) in [5, 5.41) is 12.8. The summed E-state index contributed by atoms with van der Waals surface area (Å²) in [5.74, 6) is -0.889. The molecule has 0 aromatic carbocycles. The van der Waals surface area contributed by atoms with Gasteiger partial charge in [0, 0.05) is 23.5 Å². The summed E-state index contributed by atoms with van der Waals surface area (Å²) in [6.07, 6.45) is 3.97. The second-order valence-electron chi connectivity index (χ2n) is 5.32. The first-order valence-corrected chi connectivity index (χ1v) is 8.13. The van der Waals surface area contributed by atoms with E-state index in [9.17, 15) is 9.18 Å². The number of carboxylic acid groups (broad SMARTS) is 1. The van der Waals surface area contributed by atoms with Crippen LogP contribution in [0.4, 0.5) is 10.3 Å². The van der Waals surface area contributed by atoms with E-state index in [4.69, 9.17) is 5.11 Å². The van der Waals surface area contributed by atoms with Crippen LogP contribution in [0.15, 0.2) is 23.0 Å². The molecule has 22 heavy (non-hydrogen) atoms. The first-order valence-electron chi connectivity index (χ1n) is 7.18. The number of aromatic nitrogens is 2. The van der Waals surface area contributed by atoms with Gasteiger partial charge in [-0.05, 0) is 30.7 Å². The molecular formula is C15H16FN3O2S. The quantitative estimate of drug-likeness (QED) is 0.937. The van der Waals surface area contributed by atoms with Crippen LogP contribution in [0.25, 0.3) is 11.3 Å². The Morgan fingerprint density at radius 2 is 2.36 bits per heavy atom. The fourth-order valence-electron chi connectivity index (χ4n) is 2.78. The van der Waals surface area contributed by atoms with E-state index in [0.29, 0.717) is 12.5 Å². The van der Waals surface area contributed by atoms with Gasteiger partial charge in [-0.3, -0.25) is 4.79 Å². The molecule has 1 atom stereocenters. The van der Waals surface area contributed by atoms with E-state index in [1.54, 1.807) is 0 Å². The highest BCUT2D eigenvalue weighted by Gasteiger charge is 2.27. The molecule has 5 nitrogen and oxygen atoms in total. The molecule has 1 N–H and O–H groups in total. The lowest BCUT2D eigenvalue weighted by Crippen LogP contribution is -2.42. The van der Waals surface area contributed by atoms with E-state index < -0.39 is 11.8 Å². The van der Waals surface area contributed by atoms with Gasteiger partial charge in [0.2, 0.25) is 5.95 Å². The maximum absolute atomic E-state index is 14.0. The van der Waals surface area contributed by atoms with Gasteiger partial charge in [-0.25, -0.2) is 14.4 Å². The molecule has 0 radical (unpaired) electrons. The van der Waals surface area contributed by atoms with Crippen molar-refractivity contribution >= 4 is 23.3 Å². The predicted molar refractivity (Wildman–Crippen MR) is 82.5 cm³/mol. The third kappa shape index (κ3) is 3.09. The lowest BCUT2D eigenvalue weighted by atomic mass is 10.00. The van der Waals surface area contributed by atoms with E-state index in [1.807, 2.05) is 21.7 Å². The van der Waals surface area contributed by atoms with Gasteiger partial charge < -0.3 is 10.0 Å². The minimum absolute atomic E-state index is 0.0501. The van der Waals surface area contributed by atoms with Crippen LogP contribution < -0.4 is 4.90 Å². The molecule has 0 saturated carbocycles. The zero-order valence-corrected chi connectivity index (χ0v) is 12.7. The Hall–Kier alpha value is -2.02. The number of thiophene rings is 1. The molecule has 2 aromatic heterocycles. The average Bonchev–Trinajstić information content (AvgIpc) is 3.02. The zero-order valence-electron chi connectivity index (χ0n) is 11.9. The van der Waals surface area contributed by atoms with Gasteiger partial charge in [0.15, 0.2) is 5.82 Å². The summed E-state index contributed by atoms with van der Waals surface area (Å²) in [6, 6.07) is 1.68. The van der Waals surface area contributed by atoms with Crippen molar-refractivity contribution in [2.45, 2.75) is 31.7 Å². The predicted octanol–water partition coefficient (Wildman–Crippen LogP) is 3.18. The number of anilines is 1. The Bertz CT molecular complexity index is 663. The van der Waals surface area contributed by atoms with Gasteiger partial charge in [0.1, 0.15) is 5.69 Å². The van der Waals surface area contributed by atoms with E-state index >= 15 is 0 Å². The third-order valence-electron chi connectivity index (χ3n) is 3.82. The largest absolute Gasteiger partial charge is 0.481 e. The third-order valence-corrected chi connectivity index (χ3v) is 4.50. The fraction of sp³-hybridized carbons (Fsp3) is 0.400. The number of nitrogens with zero attached hydrogens (tertiary/aromatic N) is 3. The molecule has 3 rings (SSSR count). The van der Waals surface area contributed by atoms with Gasteiger partial charge in [0.05, 0.1) is 12.6 Å². The van der Waals surface area contributed by atoms with Crippen molar-refractivity contribution in [2.24, 2.45) is 0 Å². The lowest BCUT2D eigenvalue weighted by Gasteiger charge is -2.35. The Kier molecular flexibility index (Phi) is 4.33. The summed E-state index contributed by atoms with van der Waals surface area (Å²) >= 11 is 1.48. The number of aliphatic carboxylic acids is 1. The minimum Gasteiger partial charge on any atom is -0.481 e. The standard InChI is InChI=1S/C15H16FN3O2S/c16-12-8-17-15(18-14(12)10-4-6-22-9-10)19-5-2-1-3-11(19)7-13(20)21/h4,6,8-9,11H,1-3,5,7H2,(H,20,21). The van der Waals surface area contributed by atoms with Crippen molar-refractivity contribution in [1.82, 2.24) is 9.97 Å². The number of carboxylic acids is 1. The van der Waals surface area contributed by atoms with Crippen LogP contribution in [0.2, 0.25) is 0 Å². The number of piperidine rings is 1. The molecule has 0 aliphatic carbocycles. The van der Waals surface area contributed by atoms with Gasteiger partial charge in [-0.1, -0.05) is 0 Å². The molecule has 3 heterocycles. The number of hydrogen-bond donors (Lipinski definition) is 1. The Morgan fingerprint density at radius 1 is 1.50 bits per heavy atom. The topological polar surface area (TPSA) is 66.3 Å². The van der Waals surface area contributed by atoms with Crippen molar-refractivity contribution in [2.75, 3.05) is 11.4 Å². The maximum atomic E-state index is 14.0. The Balaban J connectivity index is 1.93. The van der Waals surface area contributed by atoms with Crippen LogP contribution in [0.1, 0.15) is 25.7 Å². The van der Waals surface area contributed by atoms with Crippen LogP contribution in [-0.4, -0.2) is 33.6 Å². The monoisotopic (exact) mass is 321 g/mol. The van der Waals surface area contributed by atoms with E-state index in [2.05, 4.69) is 9.97 Å². The lowest BCUT2D eigenvalue weighted by molar-refractivity contribution is -0.137. The van der Waals surface area contributed by atoms with Crippen molar-refractivity contribution in [1.29, 1.82) is 0 Å². The highest BCUT2D eigenvalue weighted by atomic mass is 32.1. The van der Waals surface area contributed by atoms with Gasteiger partial charge >= 0.3 is 5.97 Å². The maximum Gasteiger partial charge on any atom is 0.305 e. The number of rotatable bonds is 4. The van der Waals surface area contributed by atoms with Crippen LogP contribution in [0.5, 0.6) is 0 Å². The summed E-state index contributed by atoms with van der Waals surface area (Å²) in [5.41, 5.74) is 0.990. The first-order chi connectivity index (χ1) is 10.6. The van der Waals surface area contributed by atoms with Crippen LogP contribution >= 0.6 is 11.3 Å². The number of halogens is 1. The highest BCUT2D eigenvalue weighted by Crippen LogP contribution is 2.28. The molecule has 1 aliphatic heterocycles. The van der Waals surface area contributed by atoms with Crippen molar-refractivity contribution in [3.05, 3.63) is 28.8 Å². The van der Waals surface area contributed by atoms with Crippen molar-refractivity contribution < 1.29 is 14.3 Å². The second-order valence-corrected chi connectivity index (χ2v) is 6.10. The SMILES string of the molecule is O=C(O)CC1CCCCN1c1ncc(F)c(-c2ccsc2)n1. The van der Waals surface area contributed by atoms with Crippen molar-refractivity contribution in [3.63, 3.8) is 0 Å². The molecule has 1 aliphatic rings. The van der Waals surface area contributed by atoms with Crippen LogP contribution in [0.3, 0.4) is 0 Å². The molecule has 0 spiro atoms. The molecule has 116 valence electrons. The number of hydrogen-bond acceptors (Lipinski definition) is 5. The highest BCUT2D eigenvalue weighted by molar-refractivity contribution is 7.08. The van der Waals surface area contributed by atoms with Crippen molar-refractivity contribution in [3.8, 4) is 11.3 Å². The number of carbonyl (C=O) groups is 1. The summed E-state index contributed by atoms with van der Waals surface area (Å²) < 4.78 is 14.0. The smallest absolute Gasteiger partial charge is 0.305 e. The van der Waals surface area contributed by atoms with Gasteiger partial charge in [0.25, 0.3) is 0 Å². The summed E-state index contributed by atoms with van der Waals surface area (Å²) in [4.78, 5) is 21.4. The Labute approximate surface area is 131 Å². The minimum atomic E-state index is -0.836. The van der Waals surface area contributed by atoms with Gasteiger partial charge in [-0.15, -0.1) is 0 Å². The zero-order chi connectivity index (χ0) is 15.5.